The second-order valence-corrected chi connectivity index (χ2v) is 6.80. The average molecular weight is 317 g/mol. The van der Waals surface area contributed by atoms with Gasteiger partial charge in [-0.3, -0.25) is 4.79 Å². The summed E-state index contributed by atoms with van der Waals surface area (Å²) in [5, 5.41) is 0.643. The lowest BCUT2D eigenvalue weighted by Crippen LogP contribution is -2.08. The fourth-order valence-electron chi connectivity index (χ4n) is 2.38. The maximum absolute atomic E-state index is 12.5. The molecule has 2 rings (SSSR count). The number of rotatable bonds is 7. The zero-order valence-corrected chi connectivity index (χ0v) is 14.5. The number of aromatic nitrogens is 3. The molecule has 0 atom stereocenters. The summed E-state index contributed by atoms with van der Waals surface area (Å²) in [6.45, 7) is 9.51. The lowest BCUT2D eigenvalue weighted by atomic mass is 10.1. The Balaban J connectivity index is 2.05. The molecule has 0 saturated heterocycles. The molecule has 0 aliphatic heterocycles. The lowest BCUT2D eigenvalue weighted by Gasteiger charge is -2.11. The zero-order valence-electron chi connectivity index (χ0n) is 13.7. The van der Waals surface area contributed by atoms with Gasteiger partial charge in [0.2, 0.25) is 0 Å². The number of ketones is 1. The Labute approximate surface area is 136 Å². The van der Waals surface area contributed by atoms with Crippen molar-refractivity contribution in [1.82, 2.24) is 14.5 Å². The first-order valence-electron chi connectivity index (χ1n) is 7.58. The molecule has 0 aromatic carbocycles. The molecule has 0 aliphatic carbocycles. The smallest absolute Gasteiger partial charge is 0.187 e. The largest absolute Gasteiger partial charge is 0.348 e. The summed E-state index contributed by atoms with van der Waals surface area (Å²) in [6.07, 6.45) is 4.51. The van der Waals surface area contributed by atoms with E-state index in [-0.39, 0.29) is 5.78 Å². The summed E-state index contributed by atoms with van der Waals surface area (Å²) in [4.78, 5) is 20.7. The number of thioether (sulfide) groups is 1. The molecule has 0 spiro atoms. The summed E-state index contributed by atoms with van der Waals surface area (Å²) in [5.74, 6) is 1.17. The van der Waals surface area contributed by atoms with Crippen molar-refractivity contribution in [2.45, 2.75) is 45.8 Å². The maximum atomic E-state index is 12.5. The normalized spacial score (nSPS) is 11.1. The van der Waals surface area contributed by atoms with E-state index >= 15 is 0 Å². The van der Waals surface area contributed by atoms with Crippen molar-refractivity contribution in [2.24, 2.45) is 5.92 Å². The van der Waals surface area contributed by atoms with E-state index in [9.17, 15) is 4.79 Å². The van der Waals surface area contributed by atoms with Crippen LogP contribution in [0.4, 0.5) is 0 Å². The Kier molecular flexibility index (Phi) is 5.77. The van der Waals surface area contributed by atoms with Gasteiger partial charge >= 0.3 is 0 Å². The Morgan fingerprint density at radius 1 is 1.27 bits per heavy atom. The molecule has 0 N–H and O–H groups in total. The van der Waals surface area contributed by atoms with Crippen LogP contribution in [0, 0.1) is 19.8 Å². The van der Waals surface area contributed by atoms with E-state index in [2.05, 4.69) is 35.3 Å². The predicted octanol–water partition coefficient (Wildman–Crippen LogP) is 3.92. The van der Waals surface area contributed by atoms with Gasteiger partial charge in [0, 0.05) is 35.9 Å². The quantitative estimate of drug-likeness (QED) is 0.441. The molecule has 0 aliphatic rings. The SMILES string of the molecule is Cc1cc(C(=O)CSc2ncccn2)c(C)n1CCC(C)C. The van der Waals surface area contributed by atoms with Crippen LogP contribution >= 0.6 is 11.8 Å². The third-order valence-electron chi connectivity index (χ3n) is 3.68. The van der Waals surface area contributed by atoms with Gasteiger partial charge < -0.3 is 4.57 Å². The molecule has 2 aromatic rings. The van der Waals surface area contributed by atoms with Gasteiger partial charge in [0.25, 0.3) is 0 Å². The molecule has 0 saturated carbocycles. The Morgan fingerprint density at radius 2 is 1.95 bits per heavy atom. The fourth-order valence-corrected chi connectivity index (χ4v) is 3.07. The second kappa shape index (κ2) is 7.58. The Morgan fingerprint density at radius 3 is 2.59 bits per heavy atom. The molecule has 5 heteroatoms. The van der Waals surface area contributed by atoms with E-state index in [1.165, 1.54) is 11.8 Å². The highest BCUT2D eigenvalue weighted by Gasteiger charge is 2.16. The number of hydrogen-bond acceptors (Lipinski definition) is 4. The van der Waals surface area contributed by atoms with Crippen LogP contribution in [0.25, 0.3) is 0 Å². The molecule has 0 radical (unpaired) electrons. The highest BCUT2D eigenvalue weighted by atomic mass is 32.2. The van der Waals surface area contributed by atoms with Crippen molar-refractivity contribution < 1.29 is 4.79 Å². The van der Waals surface area contributed by atoms with Gasteiger partial charge in [-0.25, -0.2) is 9.97 Å². The topological polar surface area (TPSA) is 47.8 Å². The van der Waals surface area contributed by atoms with Gasteiger partial charge in [0.05, 0.1) is 5.75 Å². The van der Waals surface area contributed by atoms with Crippen LogP contribution in [0.2, 0.25) is 0 Å². The highest BCUT2D eigenvalue weighted by molar-refractivity contribution is 7.99. The summed E-state index contributed by atoms with van der Waals surface area (Å²) in [6, 6.07) is 3.78. The number of nitrogens with zero attached hydrogens (tertiary/aromatic N) is 3. The van der Waals surface area contributed by atoms with Crippen LogP contribution < -0.4 is 0 Å². The van der Waals surface area contributed by atoms with Crippen LogP contribution in [0.3, 0.4) is 0 Å². The molecule has 0 unspecified atom stereocenters. The maximum Gasteiger partial charge on any atom is 0.187 e. The van der Waals surface area contributed by atoms with E-state index in [4.69, 9.17) is 0 Å². The van der Waals surface area contributed by atoms with E-state index in [0.717, 1.165) is 29.9 Å². The van der Waals surface area contributed by atoms with Crippen LogP contribution in [0.5, 0.6) is 0 Å². The molecule has 0 bridgehead atoms. The Bertz CT molecular complexity index is 635. The van der Waals surface area contributed by atoms with Crippen molar-refractivity contribution in [3.8, 4) is 0 Å². The van der Waals surface area contributed by atoms with Crippen molar-refractivity contribution in [1.29, 1.82) is 0 Å². The van der Waals surface area contributed by atoms with E-state index in [1.54, 1.807) is 18.5 Å². The lowest BCUT2D eigenvalue weighted by molar-refractivity contribution is 0.102. The summed E-state index contributed by atoms with van der Waals surface area (Å²) in [7, 11) is 0. The van der Waals surface area contributed by atoms with E-state index < -0.39 is 0 Å². The third kappa shape index (κ3) is 4.19. The minimum atomic E-state index is 0.140. The second-order valence-electron chi connectivity index (χ2n) is 5.86. The third-order valence-corrected chi connectivity index (χ3v) is 4.55. The van der Waals surface area contributed by atoms with E-state index in [1.807, 2.05) is 13.0 Å². The van der Waals surface area contributed by atoms with Crippen LogP contribution in [0.15, 0.2) is 29.7 Å². The predicted molar refractivity (Wildman–Crippen MR) is 90.4 cm³/mol. The molecule has 118 valence electrons. The number of hydrogen-bond donors (Lipinski definition) is 0. The zero-order chi connectivity index (χ0) is 16.1. The first kappa shape index (κ1) is 16.7. The number of carbonyl (C=O) groups excluding carboxylic acids is 1. The fraction of sp³-hybridized carbons (Fsp3) is 0.471. The molecular formula is C17H23N3OS. The standard InChI is InChI=1S/C17H23N3OS/c1-12(2)6-9-20-13(3)10-15(14(20)4)16(21)11-22-17-18-7-5-8-19-17/h5,7-8,10,12H,6,9,11H2,1-4H3. The molecule has 2 heterocycles. The van der Waals surface area contributed by atoms with Gasteiger partial charge in [-0.05, 0) is 38.3 Å². The first-order valence-corrected chi connectivity index (χ1v) is 8.57. The Hall–Kier alpha value is -1.62. The van der Waals surface area contributed by atoms with Gasteiger partial charge in [-0.1, -0.05) is 25.6 Å². The minimum absolute atomic E-state index is 0.140. The van der Waals surface area contributed by atoms with Crippen molar-refractivity contribution in [3.63, 3.8) is 0 Å². The van der Waals surface area contributed by atoms with Gasteiger partial charge in [-0.2, -0.15) is 0 Å². The molecule has 0 fully saturated rings. The minimum Gasteiger partial charge on any atom is -0.348 e. The average Bonchev–Trinajstić information content (AvgIpc) is 2.78. The van der Waals surface area contributed by atoms with Crippen LogP contribution in [-0.4, -0.2) is 26.1 Å². The number of Topliss-reactive ketones (excluding diaryl/α,β-unsaturated/α-hetero) is 1. The van der Waals surface area contributed by atoms with Crippen LogP contribution in [0.1, 0.15) is 42.0 Å². The van der Waals surface area contributed by atoms with Gasteiger partial charge in [-0.15, -0.1) is 0 Å². The molecule has 22 heavy (non-hydrogen) atoms. The monoisotopic (exact) mass is 317 g/mol. The van der Waals surface area contributed by atoms with Gasteiger partial charge in [0.15, 0.2) is 10.9 Å². The highest BCUT2D eigenvalue weighted by Crippen LogP contribution is 2.20. The van der Waals surface area contributed by atoms with Crippen LogP contribution in [-0.2, 0) is 6.54 Å². The first-order chi connectivity index (χ1) is 10.5. The number of aryl methyl sites for hydroxylation is 1. The van der Waals surface area contributed by atoms with Gasteiger partial charge in [0.1, 0.15) is 0 Å². The molecule has 4 nitrogen and oxygen atoms in total. The molecule has 2 aromatic heterocycles. The molecule has 0 amide bonds. The summed E-state index contributed by atoms with van der Waals surface area (Å²) >= 11 is 1.38. The van der Waals surface area contributed by atoms with Crippen molar-refractivity contribution >= 4 is 17.5 Å². The van der Waals surface area contributed by atoms with Crippen molar-refractivity contribution in [3.05, 3.63) is 41.5 Å². The van der Waals surface area contributed by atoms with E-state index in [0.29, 0.717) is 16.8 Å². The summed E-state index contributed by atoms with van der Waals surface area (Å²) < 4.78 is 2.25. The summed E-state index contributed by atoms with van der Waals surface area (Å²) in [5.41, 5.74) is 3.05. The number of carbonyl (C=O) groups is 1. The molecular weight excluding hydrogens is 294 g/mol. The van der Waals surface area contributed by atoms with Crippen molar-refractivity contribution in [2.75, 3.05) is 5.75 Å².